The molecule has 1 aromatic rings. The Morgan fingerprint density at radius 1 is 1.47 bits per heavy atom. The normalized spacial score (nSPS) is 12.5. The van der Waals surface area contributed by atoms with Crippen molar-refractivity contribution in [2.75, 3.05) is 6.61 Å². The fourth-order valence-corrected chi connectivity index (χ4v) is 1.53. The Hall–Kier alpha value is -1.49. The predicted molar refractivity (Wildman–Crippen MR) is 64.6 cm³/mol. The molecule has 94 valence electrons. The van der Waals surface area contributed by atoms with E-state index in [0.717, 1.165) is 5.69 Å². The molecule has 17 heavy (non-hydrogen) atoms. The molecule has 0 spiro atoms. The minimum absolute atomic E-state index is 0.0391. The van der Waals surface area contributed by atoms with Gasteiger partial charge in [0.25, 0.3) is 5.91 Å². The summed E-state index contributed by atoms with van der Waals surface area (Å²) in [6.07, 6.45) is 1.92. The van der Waals surface area contributed by atoms with Gasteiger partial charge in [-0.25, -0.2) is 9.97 Å². The lowest BCUT2D eigenvalue weighted by Gasteiger charge is -2.21. The first-order chi connectivity index (χ1) is 8.04. The molecular formula is C12H19N3O2. The van der Waals surface area contributed by atoms with Crippen molar-refractivity contribution in [3.05, 3.63) is 23.8 Å². The average Bonchev–Trinajstić information content (AvgIpc) is 2.28. The molecule has 1 unspecified atom stereocenters. The molecule has 0 aliphatic heterocycles. The van der Waals surface area contributed by atoms with E-state index in [1.165, 1.54) is 6.33 Å². The summed E-state index contributed by atoms with van der Waals surface area (Å²) in [7, 11) is 0. The number of aryl methyl sites for hydroxylation is 1. The molecule has 0 bridgehead atoms. The number of hydrogen-bond acceptors (Lipinski definition) is 4. The maximum absolute atomic E-state index is 11.9. The Morgan fingerprint density at radius 2 is 2.18 bits per heavy atom. The summed E-state index contributed by atoms with van der Waals surface area (Å²) in [5.41, 5.74) is 1.12. The van der Waals surface area contributed by atoms with Crippen molar-refractivity contribution >= 4 is 5.91 Å². The summed E-state index contributed by atoms with van der Waals surface area (Å²) in [5.74, 6) is 0.0525. The summed E-state index contributed by atoms with van der Waals surface area (Å²) in [4.78, 5) is 19.8. The van der Waals surface area contributed by atoms with E-state index in [4.69, 9.17) is 5.11 Å². The smallest absolute Gasteiger partial charge is 0.270 e. The Labute approximate surface area is 101 Å². The Morgan fingerprint density at radius 3 is 2.71 bits per heavy atom. The molecule has 0 aliphatic rings. The number of nitrogens with zero attached hydrogens (tertiary/aromatic N) is 2. The monoisotopic (exact) mass is 237 g/mol. The first kappa shape index (κ1) is 13.6. The molecule has 1 aromatic heterocycles. The molecule has 1 amide bonds. The Kier molecular flexibility index (Phi) is 5.03. The van der Waals surface area contributed by atoms with Crippen molar-refractivity contribution in [2.45, 2.75) is 33.2 Å². The van der Waals surface area contributed by atoms with Crippen molar-refractivity contribution < 1.29 is 9.90 Å². The van der Waals surface area contributed by atoms with Crippen LogP contribution in [0.1, 0.15) is 36.5 Å². The van der Waals surface area contributed by atoms with Crippen LogP contribution in [0.5, 0.6) is 0 Å². The predicted octanol–water partition coefficient (Wildman–Crippen LogP) is 0.922. The van der Waals surface area contributed by atoms with E-state index in [1.54, 1.807) is 6.07 Å². The molecule has 5 heteroatoms. The number of rotatable bonds is 5. The van der Waals surface area contributed by atoms with E-state index in [1.807, 2.05) is 20.8 Å². The van der Waals surface area contributed by atoms with E-state index in [0.29, 0.717) is 12.1 Å². The van der Waals surface area contributed by atoms with Crippen molar-refractivity contribution in [1.29, 1.82) is 0 Å². The molecule has 0 saturated carbocycles. The number of nitrogens with one attached hydrogen (secondary N) is 1. The number of aliphatic hydroxyl groups excluding tert-OH is 1. The lowest BCUT2D eigenvalue weighted by molar-refractivity contribution is 0.0911. The topological polar surface area (TPSA) is 75.1 Å². The molecule has 5 nitrogen and oxygen atoms in total. The SMILES string of the molecule is Cc1cc(C(=O)NC(CCO)C(C)C)ncn1. The van der Waals surface area contributed by atoms with Crippen LogP contribution in [0.3, 0.4) is 0 Å². The number of aliphatic hydroxyl groups is 1. The summed E-state index contributed by atoms with van der Waals surface area (Å²) >= 11 is 0. The van der Waals surface area contributed by atoms with Crippen LogP contribution >= 0.6 is 0 Å². The van der Waals surface area contributed by atoms with Crippen LogP contribution in [-0.2, 0) is 0 Å². The summed E-state index contributed by atoms with van der Waals surface area (Å²) in [6.45, 7) is 5.88. The van der Waals surface area contributed by atoms with Gasteiger partial charge in [-0.3, -0.25) is 4.79 Å². The maximum Gasteiger partial charge on any atom is 0.270 e. The fourth-order valence-electron chi connectivity index (χ4n) is 1.53. The van der Waals surface area contributed by atoms with Gasteiger partial charge in [0.2, 0.25) is 0 Å². The minimum Gasteiger partial charge on any atom is -0.396 e. The highest BCUT2D eigenvalue weighted by atomic mass is 16.3. The van der Waals surface area contributed by atoms with Gasteiger partial charge in [0.15, 0.2) is 0 Å². The summed E-state index contributed by atoms with van der Waals surface area (Å²) in [5, 5.41) is 11.8. The first-order valence-corrected chi connectivity index (χ1v) is 5.75. The van der Waals surface area contributed by atoms with Gasteiger partial charge in [-0.05, 0) is 25.3 Å². The van der Waals surface area contributed by atoms with Crippen molar-refractivity contribution in [2.24, 2.45) is 5.92 Å². The van der Waals surface area contributed by atoms with Crippen LogP contribution in [0.2, 0.25) is 0 Å². The highest BCUT2D eigenvalue weighted by Crippen LogP contribution is 2.07. The summed E-state index contributed by atoms with van der Waals surface area (Å²) in [6, 6.07) is 1.61. The second kappa shape index (κ2) is 6.30. The van der Waals surface area contributed by atoms with Crippen LogP contribution in [0.25, 0.3) is 0 Å². The Bertz CT molecular complexity index is 380. The number of amides is 1. The first-order valence-electron chi connectivity index (χ1n) is 5.75. The standard InChI is InChI=1S/C12H19N3O2/c1-8(2)10(4-5-16)15-12(17)11-6-9(3)13-7-14-11/h6-8,10,16H,4-5H2,1-3H3,(H,15,17). The second-order valence-electron chi connectivity index (χ2n) is 4.38. The molecule has 0 fully saturated rings. The lowest BCUT2D eigenvalue weighted by Crippen LogP contribution is -2.39. The van der Waals surface area contributed by atoms with Gasteiger partial charge in [-0.1, -0.05) is 13.8 Å². The molecule has 0 saturated heterocycles. The zero-order valence-electron chi connectivity index (χ0n) is 10.5. The lowest BCUT2D eigenvalue weighted by atomic mass is 10.0. The van der Waals surface area contributed by atoms with Gasteiger partial charge in [0.05, 0.1) is 0 Å². The maximum atomic E-state index is 11.9. The molecule has 2 N–H and O–H groups in total. The number of hydrogen-bond donors (Lipinski definition) is 2. The molecule has 0 radical (unpaired) electrons. The largest absolute Gasteiger partial charge is 0.396 e. The highest BCUT2D eigenvalue weighted by molar-refractivity contribution is 5.92. The number of carbonyl (C=O) groups is 1. The van der Waals surface area contributed by atoms with Gasteiger partial charge < -0.3 is 10.4 Å². The van der Waals surface area contributed by atoms with Crippen LogP contribution in [0.4, 0.5) is 0 Å². The molecule has 0 aromatic carbocycles. The van der Waals surface area contributed by atoms with Crippen molar-refractivity contribution in [3.8, 4) is 0 Å². The molecular weight excluding hydrogens is 218 g/mol. The zero-order valence-corrected chi connectivity index (χ0v) is 10.5. The van der Waals surface area contributed by atoms with E-state index in [2.05, 4.69) is 15.3 Å². The van der Waals surface area contributed by atoms with E-state index in [9.17, 15) is 4.79 Å². The average molecular weight is 237 g/mol. The second-order valence-corrected chi connectivity index (χ2v) is 4.38. The molecule has 0 aliphatic carbocycles. The fraction of sp³-hybridized carbons (Fsp3) is 0.583. The quantitative estimate of drug-likeness (QED) is 0.798. The highest BCUT2D eigenvalue weighted by Gasteiger charge is 2.17. The van der Waals surface area contributed by atoms with Crippen LogP contribution in [0.15, 0.2) is 12.4 Å². The van der Waals surface area contributed by atoms with Crippen molar-refractivity contribution in [3.63, 3.8) is 0 Å². The third-order valence-corrected chi connectivity index (χ3v) is 2.60. The summed E-state index contributed by atoms with van der Waals surface area (Å²) < 4.78 is 0. The number of carbonyl (C=O) groups excluding carboxylic acids is 1. The van der Waals surface area contributed by atoms with Crippen molar-refractivity contribution in [1.82, 2.24) is 15.3 Å². The minimum atomic E-state index is -0.220. The van der Waals surface area contributed by atoms with Gasteiger partial charge in [-0.15, -0.1) is 0 Å². The Balaban J connectivity index is 2.70. The molecule has 1 atom stereocenters. The van der Waals surface area contributed by atoms with Gasteiger partial charge in [-0.2, -0.15) is 0 Å². The molecule has 1 rings (SSSR count). The number of aromatic nitrogens is 2. The molecule has 1 heterocycles. The van der Waals surface area contributed by atoms with Gasteiger partial charge in [0.1, 0.15) is 12.0 Å². The van der Waals surface area contributed by atoms with E-state index >= 15 is 0 Å². The third kappa shape index (κ3) is 4.11. The van der Waals surface area contributed by atoms with Crippen LogP contribution < -0.4 is 5.32 Å². The van der Waals surface area contributed by atoms with Crippen LogP contribution in [0, 0.1) is 12.8 Å². The van der Waals surface area contributed by atoms with E-state index in [-0.39, 0.29) is 24.5 Å². The van der Waals surface area contributed by atoms with Gasteiger partial charge in [0, 0.05) is 18.3 Å². The van der Waals surface area contributed by atoms with Crippen LogP contribution in [-0.4, -0.2) is 33.6 Å². The third-order valence-electron chi connectivity index (χ3n) is 2.60. The zero-order chi connectivity index (χ0) is 12.8. The van der Waals surface area contributed by atoms with E-state index < -0.39 is 0 Å². The van der Waals surface area contributed by atoms with Gasteiger partial charge >= 0.3 is 0 Å².